The fraction of sp³-hybridized carbons (Fsp3) is 0.190. The van der Waals surface area contributed by atoms with Crippen LogP contribution in [-0.2, 0) is 4.79 Å². The lowest BCUT2D eigenvalue weighted by molar-refractivity contribution is -0.115. The number of hydrogen-bond donors (Lipinski definition) is 3. The third-order valence-electron chi connectivity index (χ3n) is 4.47. The first-order valence-corrected chi connectivity index (χ1v) is 9.80. The van der Waals surface area contributed by atoms with Gasteiger partial charge in [0.25, 0.3) is 0 Å². The lowest BCUT2D eigenvalue weighted by Gasteiger charge is -2.20. The van der Waals surface area contributed by atoms with E-state index < -0.39 is 0 Å². The number of aryl methyl sites for hydroxylation is 1. The summed E-state index contributed by atoms with van der Waals surface area (Å²) in [5.41, 5.74) is 5.71. The number of carbonyl (C=O) groups is 1. The van der Waals surface area contributed by atoms with Gasteiger partial charge in [-0.3, -0.25) is 20.2 Å². The Hall–Kier alpha value is -4.10. The predicted octanol–water partition coefficient (Wildman–Crippen LogP) is 3.92. The van der Waals surface area contributed by atoms with Crippen molar-refractivity contribution in [3.63, 3.8) is 0 Å². The Kier molecular flexibility index (Phi) is 6.92. The van der Waals surface area contributed by atoms with Crippen molar-refractivity contribution in [1.82, 2.24) is 20.0 Å². The van der Waals surface area contributed by atoms with E-state index in [-0.39, 0.29) is 5.69 Å². The molecule has 3 N–H and O–H groups in total. The molecule has 164 valence electrons. The minimum atomic E-state index is 0.211. The summed E-state index contributed by atoms with van der Waals surface area (Å²) < 4.78 is 5.42. The molecule has 2 aromatic heterocycles. The highest BCUT2D eigenvalue weighted by Crippen LogP contribution is 2.37. The molecular weight excluding hydrogens is 432 g/mol. The van der Waals surface area contributed by atoms with Gasteiger partial charge in [-0.2, -0.15) is 5.26 Å². The van der Waals surface area contributed by atoms with Crippen molar-refractivity contribution in [3.05, 3.63) is 52.4 Å². The van der Waals surface area contributed by atoms with Crippen LogP contribution < -0.4 is 20.8 Å². The standard InChI is InChI=1S/C21H21ClN8O2/c1-12-16(25-15-7-5-6-14(22)20(15)32-4)8-18(28-21(12)29-30(3)11-31)27-19-10-24-13(2)17(9-23)26-19/h5-8,10-11H,1-4H3,(H3,25,26,27,28,29). The zero-order chi connectivity index (χ0) is 23.3. The van der Waals surface area contributed by atoms with Crippen molar-refractivity contribution in [2.24, 2.45) is 0 Å². The van der Waals surface area contributed by atoms with Crippen LogP contribution in [0.1, 0.15) is 17.0 Å². The fourth-order valence-electron chi connectivity index (χ4n) is 2.81. The van der Waals surface area contributed by atoms with Crippen LogP contribution in [0.3, 0.4) is 0 Å². The molecule has 0 aliphatic heterocycles. The van der Waals surface area contributed by atoms with Gasteiger partial charge in [0.2, 0.25) is 6.41 Å². The van der Waals surface area contributed by atoms with Gasteiger partial charge in [0.05, 0.1) is 29.7 Å². The Morgan fingerprint density at radius 1 is 1.19 bits per heavy atom. The van der Waals surface area contributed by atoms with Crippen LogP contribution in [0.25, 0.3) is 0 Å². The second-order valence-electron chi connectivity index (χ2n) is 6.73. The van der Waals surface area contributed by atoms with Crippen molar-refractivity contribution >= 4 is 46.8 Å². The number of ether oxygens (including phenoxy) is 1. The zero-order valence-electron chi connectivity index (χ0n) is 17.9. The summed E-state index contributed by atoms with van der Waals surface area (Å²) in [7, 11) is 3.10. The Labute approximate surface area is 190 Å². The van der Waals surface area contributed by atoms with Crippen LogP contribution in [-0.4, -0.2) is 40.5 Å². The van der Waals surface area contributed by atoms with Gasteiger partial charge in [0.1, 0.15) is 11.9 Å². The Balaban J connectivity index is 2.05. The molecular formula is C21H21ClN8O2. The Bertz CT molecular complexity index is 1200. The van der Waals surface area contributed by atoms with Crippen LogP contribution >= 0.6 is 11.6 Å². The summed E-state index contributed by atoms with van der Waals surface area (Å²) >= 11 is 6.25. The van der Waals surface area contributed by atoms with Crippen LogP contribution in [0.2, 0.25) is 5.02 Å². The molecule has 3 aromatic rings. The number of halogens is 1. The summed E-state index contributed by atoms with van der Waals surface area (Å²) in [4.78, 5) is 24.1. The van der Waals surface area contributed by atoms with Crippen molar-refractivity contribution in [1.29, 1.82) is 5.26 Å². The number of hydrogen-bond acceptors (Lipinski definition) is 9. The lowest BCUT2D eigenvalue weighted by Crippen LogP contribution is -2.24. The number of nitrogens with zero attached hydrogens (tertiary/aromatic N) is 5. The maximum atomic E-state index is 11.1. The van der Waals surface area contributed by atoms with E-state index >= 15 is 0 Å². The van der Waals surface area contributed by atoms with E-state index in [4.69, 9.17) is 16.3 Å². The molecule has 0 unspecified atom stereocenters. The third kappa shape index (κ3) is 4.96. The monoisotopic (exact) mass is 452 g/mol. The molecule has 1 amide bonds. The average molecular weight is 453 g/mol. The molecule has 10 nitrogen and oxygen atoms in total. The molecule has 32 heavy (non-hydrogen) atoms. The SMILES string of the molecule is COc1c(Cl)cccc1Nc1cc(Nc2cnc(C)c(C#N)n2)nc(NN(C)C=O)c1C. The molecule has 0 aliphatic carbocycles. The fourth-order valence-corrected chi connectivity index (χ4v) is 3.06. The molecule has 11 heteroatoms. The summed E-state index contributed by atoms with van der Waals surface area (Å²) in [6.45, 7) is 3.55. The highest BCUT2D eigenvalue weighted by molar-refractivity contribution is 6.32. The molecule has 0 fully saturated rings. The number of hydrazine groups is 1. The summed E-state index contributed by atoms with van der Waals surface area (Å²) in [5, 5.41) is 17.3. The number of aromatic nitrogens is 3. The second-order valence-corrected chi connectivity index (χ2v) is 7.14. The first-order chi connectivity index (χ1) is 15.4. The van der Waals surface area contributed by atoms with E-state index in [1.54, 1.807) is 32.2 Å². The third-order valence-corrected chi connectivity index (χ3v) is 4.77. The van der Waals surface area contributed by atoms with E-state index in [0.717, 1.165) is 5.56 Å². The van der Waals surface area contributed by atoms with Gasteiger partial charge < -0.3 is 15.4 Å². The largest absolute Gasteiger partial charge is 0.493 e. The van der Waals surface area contributed by atoms with Gasteiger partial charge in [-0.15, -0.1) is 0 Å². The van der Waals surface area contributed by atoms with E-state index in [9.17, 15) is 10.1 Å². The summed E-state index contributed by atoms with van der Waals surface area (Å²) in [6.07, 6.45) is 2.13. The molecule has 0 atom stereocenters. The molecule has 0 saturated carbocycles. The number of benzene rings is 1. The Morgan fingerprint density at radius 3 is 2.66 bits per heavy atom. The number of nitrogens with one attached hydrogen (secondary N) is 3. The number of methoxy groups -OCH3 is 1. The average Bonchev–Trinajstić information content (AvgIpc) is 2.78. The molecule has 0 bridgehead atoms. The Morgan fingerprint density at radius 2 is 1.97 bits per heavy atom. The topological polar surface area (TPSA) is 128 Å². The molecule has 0 saturated heterocycles. The van der Waals surface area contributed by atoms with Gasteiger partial charge in [0, 0.05) is 24.4 Å². The van der Waals surface area contributed by atoms with Crippen molar-refractivity contribution in [3.8, 4) is 11.8 Å². The second kappa shape index (κ2) is 9.80. The zero-order valence-corrected chi connectivity index (χ0v) is 18.7. The highest BCUT2D eigenvalue weighted by Gasteiger charge is 2.15. The number of amides is 1. The highest BCUT2D eigenvalue weighted by atomic mass is 35.5. The van der Waals surface area contributed by atoms with Crippen LogP contribution in [0.15, 0.2) is 30.5 Å². The molecule has 2 heterocycles. The molecule has 0 radical (unpaired) electrons. The smallest absolute Gasteiger partial charge is 0.227 e. The van der Waals surface area contributed by atoms with E-state index in [0.29, 0.717) is 51.7 Å². The minimum absolute atomic E-state index is 0.211. The van der Waals surface area contributed by atoms with Crippen molar-refractivity contribution in [2.45, 2.75) is 13.8 Å². The van der Waals surface area contributed by atoms with Gasteiger partial charge in [-0.05, 0) is 26.0 Å². The minimum Gasteiger partial charge on any atom is -0.493 e. The first kappa shape index (κ1) is 22.6. The first-order valence-electron chi connectivity index (χ1n) is 9.43. The number of rotatable bonds is 8. The van der Waals surface area contributed by atoms with Crippen LogP contribution in [0.5, 0.6) is 5.75 Å². The lowest BCUT2D eigenvalue weighted by atomic mass is 10.2. The summed E-state index contributed by atoms with van der Waals surface area (Å²) in [6, 6.07) is 9.12. The maximum Gasteiger partial charge on any atom is 0.227 e. The van der Waals surface area contributed by atoms with Crippen molar-refractivity contribution in [2.75, 3.05) is 30.2 Å². The van der Waals surface area contributed by atoms with E-state index in [1.165, 1.54) is 18.3 Å². The molecule has 1 aromatic carbocycles. The maximum absolute atomic E-state index is 11.1. The van der Waals surface area contributed by atoms with Gasteiger partial charge >= 0.3 is 0 Å². The van der Waals surface area contributed by atoms with Crippen LogP contribution in [0.4, 0.5) is 28.8 Å². The van der Waals surface area contributed by atoms with Crippen LogP contribution in [0, 0.1) is 25.2 Å². The van der Waals surface area contributed by atoms with Crippen molar-refractivity contribution < 1.29 is 9.53 Å². The number of carbonyl (C=O) groups excluding carboxylic acids is 1. The molecule has 3 rings (SSSR count). The normalized spacial score (nSPS) is 10.1. The summed E-state index contributed by atoms with van der Waals surface area (Å²) in [5.74, 6) is 1.67. The van der Waals surface area contributed by atoms with E-state index in [2.05, 4.69) is 31.0 Å². The number of pyridine rings is 1. The number of nitriles is 1. The molecule has 0 spiro atoms. The molecule has 0 aliphatic rings. The quantitative estimate of drug-likeness (QED) is 0.344. The van der Waals surface area contributed by atoms with E-state index in [1.807, 2.05) is 19.1 Å². The predicted molar refractivity (Wildman–Crippen MR) is 122 cm³/mol. The van der Waals surface area contributed by atoms with Gasteiger partial charge in [0.15, 0.2) is 23.1 Å². The van der Waals surface area contributed by atoms with Gasteiger partial charge in [-0.1, -0.05) is 17.7 Å². The van der Waals surface area contributed by atoms with Gasteiger partial charge in [-0.25, -0.2) is 9.97 Å². The number of anilines is 5. The number of para-hydroxylation sites is 1.